The van der Waals surface area contributed by atoms with Crippen molar-refractivity contribution in [3.8, 4) is 0 Å². The highest BCUT2D eigenvalue weighted by molar-refractivity contribution is 5.98. The molecular formula is C21H25FN4O. The number of carbonyl (C=O) groups excluding carboxylic acids is 1. The number of benzene rings is 2. The highest BCUT2D eigenvalue weighted by atomic mass is 19.1. The number of carbonyl (C=O) groups is 1. The van der Waals surface area contributed by atoms with Crippen LogP contribution in [-0.2, 0) is 4.79 Å². The number of piperazine rings is 1. The van der Waals surface area contributed by atoms with Crippen molar-refractivity contribution in [1.29, 1.82) is 0 Å². The Kier molecular flexibility index (Phi) is 5.36. The van der Waals surface area contributed by atoms with Crippen molar-refractivity contribution in [1.82, 2.24) is 10.2 Å². The monoisotopic (exact) mass is 368 g/mol. The number of anilines is 3. The molecule has 2 aromatic rings. The summed E-state index contributed by atoms with van der Waals surface area (Å²) in [6, 6.07) is 14.5. The third-order valence-electron chi connectivity index (χ3n) is 5.30. The van der Waals surface area contributed by atoms with Crippen LogP contribution in [0.5, 0.6) is 0 Å². The minimum Gasteiger partial charge on any atom is -0.338 e. The molecule has 0 spiro atoms. The molecule has 2 aliphatic heterocycles. The summed E-state index contributed by atoms with van der Waals surface area (Å²) in [5, 5.41) is 3.34. The molecular weight excluding hydrogens is 343 g/mol. The molecule has 0 saturated carbocycles. The minimum atomic E-state index is -0.242. The predicted molar refractivity (Wildman–Crippen MR) is 106 cm³/mol. The number of para-hydroxylation sites is 2. The lowest BCUT2D eigenvalue weighted by Crippen LogP contribution is -2.46. The van der Waals surface area contributed by atoms with E-state index < -0.39 is 0 Å². The van der Waals surface area contributed by atoms with Gasteiger partial charge in [-0.25, -0.2) is 4.39 Å². The van der Waals surface area contributed by atoms with Crippen LogP contribution in [0.2, 0.25) is 0 Å². The first-order valence-electron chi connectivity index (χ1n) is 9.58. The third-order valence-corrected chi connectivity index (χ3v) is 5.30. The molecule has 2 aliphatic rings. The van der Waals surface area contributed by atoms with Gasteiger partial charge < -0.3 is 20.0 Å². The van der Waals surface area contributed by atoms with E-state index in [2.05, 4.69) is 15.1 Å². The SMILES string of the molecule is O=C(CCN1CCNCC1)N1CCN(c2ccc(F)cc2)c2ccccc21. The van der Waals surface area contributed by atoms with Gasteiger partial charge >= 0.3 is 0 Å². The van der Waals surface area contributed by atoms with Gasteiger partial charge in [0.25, 0.3) is 0 Å². The first-order valence-corrected chi connectivity index (χ1v) is 9.58. The minimum absolute atomic E-state index is 0.166. The van der Waals surface area contributed by atoms with Crippen LogP contribution in [-0.4, -0.2) is 56.6 Å². The maximum Gasteiger partial charge on any atom is 0.228 e. The van der Waals surface area contributed by atoms with E-state index in [1.807, 2.05) is 29.2 Å². The Balaban J connectivity index is 1.50. The third kappa shape index (κ3) is 3.96. The summed E-state index contributed by atoms with van der Waals surface area (Å²) in [5.41, 5.74) is 2.86. The molecule has 2 heterocycles. The standard InChI is InChI=1S/C21H25FN4O/c22-17-5-7-18(8-6-17)25-15-16-26(20-4-2-1-3-19(20)25)21(27)9-12-24-13-10-23-11-14-24/h1-8,23H,9-16H2. The molecule has 0 unspecified atom stereocenters. The van der Waals surface area contributed by atoms with E-state index in [0.29, 0.717) is 19.5 Å². The van der Waals surface area contributed by atoms with Gasteiger partial charge in [0.05, 0.1) is 11.4 Å². The van der Waals surface area contributed by atoms with Crippen LogP contribution < -0.4 is 15.1 Å². The molecule has 0 aromatic heterocycles. The number of amides is 1. The fourth-order valence-corrected chi connectivity index (χ4v) is 3.83. The first-order chi connectivity index (χ1) is 13.2. The average molecular weight is 368 g/mol. The van der Waals surface area contributed by atoms with Crippen LogP contribution in [0.4, 0.5) is 21.5 Å². The molecule has 1 N–H and O–H groups in total. The van der Waals surface area contributed by atoms with Gasteiger partial charge in [0.15, 0.2) is 0 Å². The van der Waals surface area contributed by atoms with Gasteiger partial charge in [-0.1, -0.05) is 12.1 Å². The zero-order valence-electron chi connectivity index (χ0n) is 15.4. The fourth-order valence-electron chi connectivity index (χ4n) is 3.83. The number of hydrogen-bond donors (Lipinski definition) is 1. The molecule has 27 heavy (non-hydrogen) atoms. The second-order valence-corrected chi connectivity index (χ2v) is 7.00. The zero-order valence-corrected chi connectivity index (χ0v) is 15.4. The molecule has 142 valence electrons. The Morgan fingerprint density at radius 2 is 1.63 bits per heavy atom. The highest BCUT2D eigenvalue weighted by Crippen LogP contribution is 2.37. The van der Waals surface area contributed by atoms with E-state index in [9.17, 15) is 9.18 Å². The van der Waals surface area contributed by atoms with Crippen molar-refractivity contribution < 1.29 is 9.18 Å². The van der Waals surface area contributed by atoms with E-state index in [0.717, 1.165) is 49.8 Å². The molecule has 1 amide bonds. The maximum absolute atomic E-state index is 13.3. The van der Waals surface area contributed by atoms with Crippen LogP contribution in [0.25, 0.3) is 0 Å². The summed E-state index contributed by atoms with van der Waals surface area (Å²) in [6.07, 6.45) is 0.533. The number of halogens is 1. The maximum atomic E-state index is 13.3. The van der Waals surface area contributed by atoms with Gasteiger partial charge in [0.1, 0.15) is 5.82 Å². The lowest BCUT2D eigenvalue weighted by atomic mass is 10.1. The van der Waals surface area contributed by atoms with Crippen LogP contribution in [0.3, 0.4) is 0 Å². The summed E-state index contributed by atoms with van der Waals surface area (Å²) >= 11 is 0. The topological polar surface area (TPSA) is 38.8 Å². The second-order valence-electron chi connectivity index (χ2n) is 7.00. The Labute approximate surface area is 159 Å². The number of rotatable bonds is 4. The van der Waals surface area contributed by atoms with Gasteiger partial charge in [-0.15, -0.1) is 0 Å². The molecule has 0 bridgehead atoms. The van der Waals surface area contributed by atoms with E-state index >= 15 is 0 Å². The normalized spacial score (nSPS) is 17.7. The first kappa shape index (κ1) is 17.9. The van der Waals surface area contributed by atoms with Crippen molar-refractivity contribution in [3.05, 3.63) is 54.3 Å². The summed E-state index contributed by atoms with van der Waals surface area (Å²) < 4.78 is 13.3. The van der Waals surface area contributed by atoms with Gasteiger partial charge in [-0.2, -0.15) is 0 Å². The largest absolute Gasteiger partial charge is 0.338 e. The Bertz CT molecular complexity index is 789. The number of hydrogen-bond acceptors (Lipinski definition) is 4. The van der Waals surface area contributed by atoms with Gasteiger partial charge in [-0.05, 0) is 36.4 Å². The summed E-state index contributed by atoms with van der Waals surface area (Å²) in [6.45, 7) is 6.13. The highest BCUT2D eigenvalue weighted by Gasteiger charge is 2.27. The van der Waals surface area contributed by atoms with Gasteiger partial charge in [-0.3, -0.25) is 4.79 Å². The van der Waals surface area contributed by atoms with Gasteiger partial charge in [0.2, 0.25) is 5.91 Å². The lowest BCUT2D eigenvalue weighted by molar-refractivity contribution is -0.119. The average Bonchev–Trinajstić information content (AvgIpc) is 2.73. The zero-order chi connectivity index (χ0) is 18.6. The molecule has 0 atom stereocenters. The van der Waals surface area contributed by atoms with Crippen molar-refractivity contribution >= 4 is 23.0 Å². The molecule has 6 heteroatoms. The van der Waals surface area contributed by atoms with Crippen LogP contribution in [0.1, 0.15) is 6.42 Å². The Hall–Kier alpha value is -2.44. The summed E-state index contributed by atoms with van der Waals surface area (Å²) in [5.74, 6) is -0.0755. The number of nitrogens with one attached hydrogen (secondary N) is 1. The van der Waals surface area contributed by atoms with Crippen molar-refractivity contribution in [3.63, 3.8) is 0 Å². The van der Waals surface area contributed by atoms with E-state index in [-0.39, 0.29) is 11.7 Å². The molecule has 0 radical (unpaired) electrons. The second kappa shape index (κ2) is 8.06. The number of fused-ring (bicyclic) bond motifs is 1. The van der Waals surface area contributed by atoms with E-state index in [4.69, 9.17) is 0 Å². The van der Waals surface area contributed by atoms with E-state index in [1.165, 1.54) is 12.1 Å². The van der Waals surface area contributed by atoms with Crippen molar-refractivity contribution in [2.24, 2.45) is 0 Å². The molecule has 0 aliphatic carbocycles. The van der Waals surface area contributed by atoms with Crippen molar-refractivity contribution in [2.75, 3.05) is 55.6 Å². The Morgan fingerprint density at radius 3 is 2.37 bits per heavy atom. The quantitative estimate of drug-likeness (QED) is 0.901. The predicted octanol–water partition coefficient (Wildman–Crippen LogP) is 2.61. The number of nitrogens with zero attached hydrogens (tertiary/aromatic N) is 3. The van der Waals surface area contributed by atoms with Crippen LogP contribution >= 0.6 is 0 Å². The van der Waals surface area contributed by atoms with Gasteiger partial charge in [0, 0.05) is 57.9 Å². The lowest BCUT2D eigenvalue weighted by Gasteiger charge is -2.38. The molecule has 2 aromatic carbocycles. The fraction of sp³-hybridized carbons (Fsp3) is 0.381. The summed E-state index contributed by atoms with van der Waals surface area (Å²) in [7, 11) is 0. The smallest absolute Gasteiger partial charge is 0.228 e. The van der Waals surface area contributed by atoms with Crippen molar-refractivity contribution in [2.45, 2.75) is 6.42 Å². The summed E-state index contributed by atoms with van der Waals surface area (Å²) in [4.78, 5) is 19.3. The van der Waals surface area contributed by atoms with Crippen LogP contribution in [0, 0.1) is 5.82 Å². The van der Waals surface area contributed by atoms with Crippen LogP contribution in [0.15, 0.2) is 48.5 Å². The molecule has 5 nitrogen and oxygen atoms in total. The molecule has 1 saturated heterocycles. The molecule has 1 fully saturated rings. The Morgan fingerprint density at radius 1 is 0.926 bits per heavy atom. The molecule has 4 rings (SSSR count). The van der Waals surface area contributed by atoms with E-state index in [1.54, 1.807) is 12.1 Å².